The number of hydrogen-bond acceptors (Lipinski definition) is 2. The molecule has 2 rings (SSSR count). The summed E-state index contributed by atoms with van der Waals surface area (Å²) in [5, 5.41) is 3.49. The molecule has 0 spiro atoms. The largest absolute Gasteiger partial charge is 0.352 e. The Balaban J connectivity index is 1.96. The molecule has 0 saturated carbocycles. The van der Waals surface area contributed by atoms with E-state index in [1.54, 1.807) is 0 Å². The van der Waals surface area contributed by atoms with Gasteiger partial charge in [0.25, 0.3) is 0 Å². The first-order valence-corrected chi connectivity index (χ1v) is 8.14. The van der Waals surface area contributed by atoms with E-state index in [1.807, 2.05) is 18.8 Å². The third kappa shape index (κ3) is 4.17. The van der Waals surface area contributed by atoms with Gasteiger partial charge in [-0.2, -0.15) is 11.8 Å². The Morgan fingerprint density at radius 3 is 2.90 bits per heavy atom. The molecular weight excluding hydrogens is 266 g/mol. The number of nitrogens with zero attached hydrogens (tertiary/aromatic N) is 2. The van der Waals surface area contributed by atoms with Gasteiger partial charge >= 0.3 is 0 Å². The van der Waals surface area contributed by atoms with Gasteiger partial charge in [0.05, 0.1) is 0 Å². The zero-order valence-electron chi connectivity index (χ0n) is 12.9. The Hall–Kier alpha value is -1.16. The molecule has 0 bridgehead atoms. The van der Waals surface area contributed by atoms with Crippen molar-refractivity contribution in [1.82, 2.24) is 10.2 Å². The number of nitrogens with one attached hydrogen (secondary N) is 1. The number of thioether (sulfide) groups is 1. The van der Waals surface area contributed by atoms with Gasteiger partial charge in [0.1, 0.15) is 0 Å². The monoisotopic (exact) mass is 291 g/mol. The summed E-state index contributed by atoms with van der Waals surface area (Å²) in [5.74, 6) is 2.18. The highest BCUT2D eigenvalue weighted by Gasteiger charge is 2.28. The van der Waals surface area contributed by atoms with Gasteiger partial charge in [-0.1, -0.05) is 29.8 Å². The van der Waals surface area contributed by atoms with Crippen molar-refractivity contribution in [3.8, 4) is 0 Å². The molecule has 1 aromatic carbocycles. The number of aryl methyl sites for hydroxylation is 1. The minimum Gasteiger partial charge on any atom is -0.352 e. The molecule has 1 fully saturated rings. The van der Waals surface area contributed by atoms with Crippen LogP contribution in [0, 0.1) is 6.92 Å². The first kappa shape index (κ1) is 15.2. The van der Waals surface area contributed by atoms with Crippen LogP contribution in [0.2, 0.25) is 0 Å². The lowest BCUT2D eigenvalue weighted by Gasteiger charge is -2.39. The SMILES string of the molecule is CN=C(NCc1cccc(C)c1)N1CCSC(C)(C)C1. The van der Waals surface area contributed by atoms with Gasteiger partial charge < -0.3 is 10.2 Å². The van der Waals surface area contributed by atoms with Gasteiger partial charge in [-0.25, -0.2) is 0 Å². The maximum atomic E-state index is 4.44. The Labute approximate surface area is 126 Å². The van der Waals surface area contributed by atoms with E-state index in [0.29, 0.717) is 4.75 Å². The smallest absolute Gasteiger partial charge is 0.193 e. The maximum Gasteiger partial charge on any atom is 0.193 e. The standard InChI is InChI=1S/C16H25N3S/c1-13-6-5-7-14(10-13)11-18-15(17-4)19-8-9-20-16(2,3)12-19/h5-7,10H,8-9,11-12H2,1-4H3,(H,17,18). The fourth-order valence-electron chi connectivity index (χ4n) is 2.53. The van der Waals surface area contributed by atoms with Crippen molar-refractivity contribution in [2.75, 3.05) is 25.9 Å². The maximum absolute atomic E-state index is 4.44. The van der Waals surface area contributed by atoms with Crippen LogP contribution in [0.1, 0.15) is 25.0 Å². The summed E-state index contributed by atoms with van der Waals surface area (Å²) >= 11 is 2.04. The molecular formula is C16H25N3S. The van der Waals surface area contributed by atoms with Crippen LogP contribution >= 0.6 is 11.8 Å². The summed E-state index contributed by atoms with van der Waals surface area (Å²) in [4.78, 5) is 6.80. The summed E-state index contributed by atoms with van der Waals surface area (Å²) < 4.78 is 0.305. The molecule has 1 saturated heterocycles. The molecule has 1 N–H and O–H groups in total. The van der Waals surface area contributed by atoms with E-state index in [-0.39, 0.29) is 0 Å². The van der Waals surface area contributed by atoms with Crippen molar-refractivity contribution in [3.63, 3.8) is 0 Å². The van der Waals surface area contributed by atoms with Crippen molar-refractivity contribution in [2.45, 2.75) is 32.1 Å². The quantitative estimate of drug-likeness (QED) is 0.671. The third-order valence-corrected chi connectivity index (χ3v) is 4.77. The van der Waals surface area contributed by atoms with E-state index in [9.17, 15) is 0 Å². The normalized spacial score (nSPS) is 19.0. The van der Waals surface area contributed by atoms with Crippen molar-refractivity contribution in [3.05, 3.63) is 35.4 Å². The lowest BCUT2D eigenvalue weighted by atomic mass is 10.1. The lowest BCUT2D eigenvalue weighted by Crippen LogP contribution is -2.50. The predicted octanol–water partition coefficient (Wildman–Crippen LogP) is 2.90. The Morgan fingerprint density at radius 2 is 2.25 bits per heavy atom. The molecule has 110 valence electrons. The molecule has 1 aliphatic heterocycles. The van der Waals surface area contributed by atoms with Gasteiger partial charge in [-0.05, 0) is 26.3 Å². The predicted molar refractivity (Wildman–Crippen MR) is 89.5 cm³/mol. The van der Waals surface area contributed by atoms with Crippen LogP contribution in [0.4, 0.5) is 0 Å². The minimum atomic E-state index is 0.305. The first-order chi connectivity index (χ1) is 9.50. The van der Waals surface area contributed by atoms with E-state index in [0.717, 1.165) is 31.3 Å². The topological polar surface area (TPSA) is 27.6 Å². The molecule has 1 heterocycles. The van der Waals surface area contributed by atoms with E-state index < -0.39 is 0 Å². The van der Waals surface area contributed by atoms with Crippen molar-refractivity contribution in [1.29, 1.82) is 0 Å². The minimum absolute atomic E-state index is 0.305. The van der Waals surface area contributed by atoms with Crippen LogP contribution in [0.5, 0.6) is 0 Å². The van der Waals surface area contributed by atoms with E-state index >= 15 is 0 Å². The summed E-state index contributed by atoms with van der Waals surface area (Å²) in [6.07, 6.45) is 0. The van der Waals surface area contributed by atoms with Crippen LogP contribution in [-0.2, 0) is 6.54 Å². The van der Waals surface area contributed by atoms with E-state index in [4.69, 9.17) is 0 Å². The molecule has 4 heteroatoms. The second-order valence-electron chi connectivity index (χ2n) is 5.92. The second-order valence-corrected chi connectivity index (χ2v) is 7.72. The van der Waals surface area contributed by atoms with Crippen molar-refractivity contribution >= 4 is 17.7 Å². The first-order valence-electron chi connectivity index (χ1n) is 7.15. The number of aliphatic imine (C=N–C) groups is 1. The molecule has 0 radical (unpaired) electrons. The van der Waals surface area contributed by atoms with Crippen LogP contribution in [0.25, 0.3) is 0 Å². The van der Waals surface area contributed by atoms with Crippen molar-refractivity contribution < 1.29 is 0 Å². The molecule has 20 heavy (non-hydrogen) atoms. The Morgan fingerprint density at radius 1 is 1.45 bits per heavy atom. The highest BCUT2D eigenvalue weighted by molar-refractivity contribution is 8.00. The zero-order valence-corrected chi connectivity index (χ0v) is 13.8. The van der Waals surface area contributed by atoms with Crippen LogP contribution in [-0.4, -0.2) is 41.5 Å². The Bertz CT molecular complexity index is 482. The summed E-state index contributed by atoms with van der Waals surface area (Å²) in [6.45, 7) is 9.68. The molecule has 1 aromatic rings. The highest BCUT2D eigenvalue weighted by atomic mass is 32.2. The van der Waals surface area contributed by atoms with Gasteiger partial charge in [-0.3, -0.25) is 4.99 Å². The lowest BCUT2D eigenvalue weighted by molar-refractivity contribution is 0.375. The number of benzene rings is 1. The molecule has 0 atom stereocenters. The van der Waals surface area contributed by atoms with Crippen molar-refractivity contribution in [2.24, 2.45) is 4.99 Å². The number of guanidine groups is 1. The fourth-order valence-corrected chi connectivity index (χ4v) is 3.64. The van der Waals surface area contributed by atoms with Crippen LogP contribution < -0.4 is 5.32 Å². The second kappa shape index (κ2) is 6.53. The third-order valence-electron chi connectivity index (χ3n) is 3.47. The number of rotatable bonds is 2. The van der Waals surface area contributed by atoms with Gasteiger partial charge in [0.2, 0.25) is 0 Å². The highest BCUT2D eigenvalue weighted by Crippen LogP contribution is 2.29. The Kier molecular flexibility index (Phi) is 4.97. The molecule has 0 aliphatic carbocycles. The fraction of sp³-hybridized carbons (Fsp3) is 0.562. The van der Waals surface area contributed by atoms with Crippen LogP contribution in [0.15, 0.2) is 29.3 Å². The molecule has 0 amide bonds. The average Bonchev–Trinajstić information content (AvgIpc) is 2.38. The molecule has 0 aromatic heterocycles. The zero-order chi connectivity index (χ0) is 14.6. The molecule has 1 aliphatic rings. The molecule has 3 nitrogen and oxygen atoms in total. The van der Waals surface area contributed by atoms with Gasteiger partial charge in [0, 0.05) is 37.2 Å². The van der Waals surface area contributed by atoms with Gasteiger partial charge in [0.15, 0.2) is 5.96 Å². The van der Waals surface area contributed by atoms with E-state index in [1.165, 1.54) is 11.1 Å². The van der Waals surface area contributed by atoms with Gasteiger partial charge in [-0.15, -0.1) is 0 Å². The summed E-state index contributed by atoms with van der Waals surface area (Å²) in [5.41, 5.74) is 2.60. The average molecular weight is 291 g/mol. The molecule has 0 unspecified atom stereocenters. The summed E-state index contributed by atoms with van der Waals surface area (Å²) in [6, 6.07) is 8.61. The van der Waals surface area contributed by atoms with Crippen LogP contribution in [0.3, 0.4) is 0 Å². The summed E-state index contributed by atoms with van der Waals surface area (Å²) in [7, 11) is 1.87. The van der Waals surface area contributed by atoms with E-state index in [2.05, 4.69) is 60.2 Å². The number of hydrogen-bond donors (Lipinski definition) is 1.